The van der Waals surface area contributed by atoms with E-state index in [1.165, 1.54) is 0 Å². The van der Waals surface area contributed by atoms with Gasteiger partial charge in [0.15, 0.2) is 0 Å². The molecule has 1 N–H and O–H groups in total. The number of H-pyrrole nitrogens is 1. The molecule has 0 aliphatic carbocycles. The first kappa shape index (κ1) is 12.8. The van der Waals surface area contributed by atoms with Crippen LogP contribution in [0.2, 0.25) is 15.1 Å². The molecule has 1 aromatic heterocycles. The minimum Gasteiger partial charge on any atom is -0.338 e. The van der Waals surface area contributed by atoms with Crippen molar-refractivity contribution in [1.29, 1.82) is 0 Å². The topological polar surface area (TPSA) is 28.7 Å². The standard InChI is InChI=1S/C14H9Cl3N2/c1-7-2-3-9(15)8(4-7)14-18-12-5-10(16)11(17)6-13(12)19-14/h2-6H,1H3,(H,18,19). The number of hydrogen-bond donors (Lipinski definition) is 1. The van der Waals surface area contributed by atoms with Crippen LogP contribution >= 0.6 is 34.8 Å². The average molecular weight is 312 g/mol. The summed E-state index contributed by atoms with van der Waals surface area (Å²) in [6.45, 7) is 2.01. The van der Waals surface area contributed by atoms with Crippen LogP contribution in [0, 0.1) is 6.92 Å². The van der Waals surface area contributed by atoms with E-state index in [1.807, 2.05) is 25.1 Å². The maximum atomic E-state index is 6.21. The van der Waals surface area contributed by atoms with Gasteiger partial charge in [0.05, 0.1) is 26.1 Å². The number of aromatic amines is 1. The molecule has 0 saturated heterocycles. The summed E-state index contributed by atoms with van der Waals surface area (Å²) in [6, 6.07) is 9.31. The fourth-order valence-electron chi connectivity index (χ4n) is 1.95. The summed E-state index contributed by atoms with van der Waals surface area (Å²) in [5.41, 5.74) is 3.59. The number of imidazole rings is 1. The van der Waals surface area contributed by atoms with Crippen molar-refractivity contribution in [2.45, 2.75) is 6.92 Å². The maximum absolute atomic E-state index is 6.21. The van der Waals surface area contributed by atoms with Crippen LogP contribution in [0.5, 0.6) is 0 Å². The summed E-state index contributed by atoms with van der Waals surface area (Å²) in [5, 5.41) is 1.64. The summed E-state index contributed by atoms with van der Waals surface area (Å²) >= 11 is 18.2. The highest BCUT2D eigenvalue weighted by Gasteiger charge is 2.11. The third-order valence-corrected chi connectivity index (χ3v) is 3.95. The Morgan fingerprint density at radius 1 is 0.947 bits per heavy atom. The molecule has 19 heavy (non-hydrogen) atoms. The molecule has 1 heterocycles. The normalized spacial score (nSPS) is 11.2. The van der Waals surface area contributed by atoms with Crippen LogP contribution in [0.15, 0.2) is 30.3 Å². The Labute approximate surface area is 125 Å². The van der Waals surface area contributed by atoms with Crippen molar-refractivity contribution >= 4 is 45.8 Å². The highest BCUT2D eigenvalue weighted by Crippen LogP contribution is 2.31. The zero-order valence-electron chi connectivity index (χ0n) is 9.97. The van der Waals surface area contributed by atoms with Crippen LogP contribution in [0.25, 0.3) is 22.4 Å². The molecule has 96 valence electrons. The molecule has 2 aromatic carbocycles. The lowest BCUT2D eigenvalue weighted by atomic mass is 10.1. The Bertz CT molecular complexity index is 739. The second-order valence-corrected chi connectivity index (χ2v) is 5.57. The van der Waals surface area contributed by atoms with Crippen molar-refractivity contribution in [3.8, 4) is 11.4 Å². The summed E-state index contributed by atoms with van der Waals surface area (Å²) < 4.78 is 0. The van der Waals surface area contributed by atoms with Crippen molar-refractivity contribution in [3.05, 3.63) is 51.0 Å². The van der Waals surface area contributed by atoms with Gasteiger partial charge in [-0.05, 0) is 31.2 Å². The van der Waals surface area contributed by atoms with E-state index in [4.69, 9.17) is 34.8 Å². The van der Waals surface area contributed by atoms with Gasteiger partial charge in [-0.15, -0.1) is 0 Å². The number of rotatable bonds is 1. The molecule has 0 aliphatic heterocycles. The van der Waals surface area contributed by atoms with Crippen molar-refractivity contribution in [2.75, 3.05) is 0 Å². The van der Waals surface area contributed by atoms with Crippen molar-refractivity contribution in [1.82, 2.24) is 9.97 Å². The van der Waals surface area contributed by atoms with Gasteiger partial charge in [0, 0.05) is 5.56 Å². The molecule has 0 atom stereocenters. The number of hydrogen-bond acceptors (Lipinski definition) is 1. The number of nitrogens with one attached hydrogen (secondary N) is 1. The molecule has 0 amide bonds. The molecule has 0 bridgehead atoms. The monoisotopic (exact) mass is 310 g/mol. The lowest BCUT2D eigenvalue weighted by Gasteiger charge is -2.01. The Kier molecular flexibility index (Phi) is 3.17. The van der Waals surface area contributed by atoms with E-state index in [1.54, 1.807) is 12.1 Å². The highest BCUT2D eigenvalue weighted by atomic mass is 35.5. The molecular weight excluding hydrogens is 303 g/mol. The van der Waals surface area contributed by atoms with Crippen LogP contribution in [0.3, 0.4) is 0 Å². The first-order valence-electron chi connectivity index (χ1n) is 5.66. The molecule has 0 saturated carbocycles. The number of fused-ring (bicyclic) bond motifs is 1. The van der Waals surface area contributed by atoms with Crippen LogP contribution in [0.1, 0.15) is 5.56 Å². The van der Waals surface area contributed by atoms with E-state index in [-0.39, 0.29) is 0 Å². The molecule has 0 unspecified atom stereocenters. The first-order chi connectivity index (χ1) is 9.04. The Morgan fingerprint density at radius 2 is 1.68 bits per heavy atom. The minimum absolute atomic E-state index is 0.488. The fourth-order valence-corrected chi connectivity index (χ4v) is 2.48. The summed E-state index contributed by atoms with van der Waals surface area (Å²) in [5.74, 6) is 0.710. The van der Waals surface area contributed by atoms with Crippen LogP contribution in [-0.2, 0) is 0 Å². The van der Waals surface area contributed by atoms with Crippen LogP contribution in [-0.4, -0.2) is 9.97 Å². The molecule has 3 rings (SSSR count). The summed E-state index contributed by atoms with van der Waals surface area (Å²) in [4.78, 5) is 7.71. The number of nitrogens with zero attached hydrogens (tertiary/aromatic N) is 1. The van der Waals surface area contributed by atoms with Gasteiger partial charge in [-0.1, -0.05) is 46.4 Å². The average Bonchev–Trinajstić information content (AvgIpc) is 2.75. The smallest absolute Gasteiger partial charge is 0.140 e. The zero-order chi connectivity index (χ0) is 13.6. The van der Waals surface area contributed by atoms with Gasteiger partial charge in [0.25, 0.3) is 0 Å². The lowest BCUT2D eigenvalue weighted by Crippen LogP contribution is -1.83. The zero-order valence-corrected chi connectivity index (χ0v) is 12.2. The number of benzene rings is 2. The van der Waals surface area contributed by atoms with Crippen LogP contribution in [0.4, 0.5) is 0 Å². The third kappa shape index (κ3) is 2.32. The van der Waals surface area contributed by atoms with Gasteiger partial charge in [0.1, 0.15) is 5.82 Å². The number of aryl methyl sites for hydroxylation is 1. The van der Waals surface area contributed by atoms with E-state index in [0.29, 0.717) is 20.9 Å². The van der Waals surface area contributed by atoms with Crippen molar-refractivity contribution < 1.29 is 0 Å². The highest BCUT2D eigenvalue weighted by molar-refractivity contribution is 6.42. The predicted octanol–water partition coefficient (Wildman–Crippen LogP) is 5.50. The second kappa shape index (κ2) is 4.71. The maximum Gasteiger partial charge on any atom is 0.140 e. The van der Waals surface area contributed by atoms with Crippen molar-refractivity contribution in [2.24, 2.45) is 0 Å². The fraction of sp³-hybridized carbons (Fsp3) is 0.0714. The number of aromatic nitrogens is 2. The van der Waals surface area contributed by atoms with E-state index < -0.39 is 0 Å². The first-order valence-corrected chi connectivity index (χ1v) is 6.79. The lowest BCUT2D eigenvalue weighted by molar-refractivity contribution is 1.32. The third-order valence-electron chi connectivity index (χ3n) is 2.90. The van der Waals surface area contributed by atoms with Crippen molar-refractivity contribution in [3.63, 3.8) is 0 Å². The molecular formula is C14H9Cl3N2. The van der Waals surface area contributed by atoms with E-state index >= 15 is 0 Å². The van der Waals surface area contributed by atoms with Gasteiger partial charge < -0.3 is 4.98 Å². The SMILES string of the molecule is Cc1ccc(Cl)c(-c2nc3cc(Cl)c(Cl)cc3[nH]2)c1. The van der Waals surface area contributed by atoms with E-state index in [9.17, 15) is 0 Å². The second-order valence-electron chi connectivity index (χ2n) is 4.35. The predicted molar refractivity (Wildman–Crippen MR) is 81.3 cm³/mol. The molecule has 0 radical (unpaired) electrons. The van der Waals surface area contributed by atoms with Gasteiger partial charge in [-0.3, -0.25) is 0 Å². The summed E-state index contributed by atoms with van der Waals surface area (Å²) in [6.07, 6.45) is 0. The molecule has 3 aromatic rings. The van der Waals surface area contributed by atoms with E-state index in [2.05, 4.69) is 9.97 Å². The van der Waals surface area contributed by atoms with Crippen LogP contribution < -0.4 is 0 Å². The molecule has 0 spiro atoms. The molecule has 0 fully saturated rings. The van der Waals surface area contributed by atoms with Gasteiger partial charge >= 0.3 is 0 Å². The largest absolute Gasteiger partial charge is 0.338 e. The Balaban J connectivity index is 2.23. The Hall–Kier alpha value is -1.22. The minimum atomic E-state index is 0.488. The number of halogens is 3. The van der Waals surface area contributed by atoms with E-state index in [0.717, 1.165) is 22.2 Å². The molecule has 0 aliphatic rings. The quantitative estimate of drug-likeness (QED) is 0.631. The van der Waals surface area contributed by atoms with Gasteiger partial charge in [-0.25, -0.2) is 4.98 Å². The molecule has 5 heteroatoms. The van der Waals surface area contributed by atoms with Gasteiger partial charge in [-0.2, -0.15) is 0 Å². The summed E-state index contributed by atoms with van der Waals surface area (Å²) in [7, 11) is 0. The van der Waals surface area contributed by atoms with Gasteiger partial charge in [0.2, 0.25) is 0 Å². The molecule has 2 nitrogen and oxygen atoms in total. The Morgan fingerprint density at radius 3 is 2.47 bits per heavy atom.